The Morgan fingerprint density at radius 1 is 1.16 bits per heavy atom. The summed E-state index contributed by atoms with van der Waals surface area (Å²) in [5, 5.41) is 2.85. The Balaban J connectivity index is 1.83. The van der Waals surface area contributed by atoms with Gasteiger partial charge in [0.05, 0.1) is 17.2 Å². The molecule has 1 amide bonds. The maximum absolute atomic E-state index is 12.7. The molecule has 0 bridgehead atoms. The molecule has 132 valence electrons. The van der Waals surface area contributed by atoms with E-state index >= 15 is 0 Å². The van der Waals surface area contributed by atoms with Crippen LogP contribution in [-0.4, -0.2) is 27.0 Å². The summed E-state index contributed by atoms with van der Waals surface area (Å²) in [6.45, 7) is 2.25. The smallest absolute Gasteiger partial charge is 0.262 e. The van der Waals surface area contributed by atoms with Crippen molar-refractivity contribution >= 4 is 21.6 Å². The van der Waals surface area contributed by atoms with Crippen LogP contribution in [0.4, 0.5) is 5.69 Å². The van der Waals surface area contributed by atoms with E-state index in [0.717, 1.165) is 12.8 Å². The molecule has 1 fully saturated rings. The van der Waals surface area contributed by atoms with Gasteiger partial charge in [-0.15, -0.1) is 0 Å². The number of hydrogen-bond donors (Lipinski definition) is 2. The third-order valence-electron chi connectivity index (χ3n) is 3.75. The average Bonchev–Trinajstić information content (AvgIpc) is 3.41. The molecule has 1 aliphatic rings. The number of carbonyl (C=O) groups is 1. The Labute approximate surface area is 147 Å². The van der Waals surface area contributed by atoms with Gasteiger partial charge in [-0.3, -0.25) is 9.52 Å². The molecule has 0 spiro atoms. The van der Waals surface area contributed by atoms with Crippen molar-refractivity contribution in [1.82, 2.24) is 5.32 Å². The highest BCUT2D eigenvalue weighted by Gasteiger charge is 2.24. The van der Waals surface area contributed by atoms with E-state index in [9.17, 15) is 13.2 Å². The van der Waals surface area contributed by atoms with Crippen molar-refractivity contribution in [2.75, 3.05) is 11.3 Å². The molecule has 2 N–H and O–H groups in total. The van der Waals surface area contributed by atoms with E-state index in [-0.39, 0.29) is 16.8 Å². The Bertz CT molecular complexity index is 876. The first kappa shape index (κ1) is 17.3. The van der Waals surface area contributed by atoms with Gasteiger partial charge in [-0.2, -0.15) is 0 Å². The lowest BCUT2D eigenvalue weighted by atomic mass is 10.2. The lowest BCUT2D eigenvalue weighted by molar-refractivity contribution is 0.0951. The van der Waals surface area contributed by atoms with Gasteiger partial charge in [-0.25, -0.2) is 8.42 Å². The molecule has 1 saturated carbocycles. The Hall–Kier alpha value is -2.54. The highest BCUT2D eigenvalue weighted by molar-refractivity contribution is 7.92. The van der Waals surface area contributed by atoms with Crippen LogP contribution in [0.15, 0.2) is 53.4 Å². The van der Waals surface area contributed by atoms with Gasteiger partial charge in [0, 0.05) is 11.6 Å². The van der Waals surface area contributed by atoms with Crippen LogP contribution >= 0.6 is 0 Å². The van der Waals surface area contributed by atoms with E-state index < -0.39 is 10.0 Å². The molecule has 0 unspecified atom stereocenters. The largest absolute Gasteiger partial charge is 0.492 e. The Morgan fingerprint density at radius 3 is 2.64 bits per heavy atom. The average molecular weight is 360 g/mol. The quantitative estimate of drug-likeness (QED) is 0.795. The number of benzene rings is 2. The number of nitrogens with one attached hydrogen (secondary N) is 2. The predicted octanol–water partition coefficient (Wildman–Crippen LogP) is 2.78. The number of carbonyl (C=O) groups excluding carboxylic acids is 1. The maximum atomic E-state index is 12.7. The summed E-state index contributed by atoms with van der Waals surface area (Å²) < 4.78 is 33.3. The number of para-hydroxylation sites is 2. The predicted molar refractivity (Wildman–Crippen MR) is 95.3 cm³/mol. The molecule has 0 saturated heterocycles. The lowest BCUT2D eigenvalue weighted by Gasteiger charge is -2.13. The van der Waals surface area contributed by atoms with Crippen LogP contribution in [-0.2, 0) is 10.0 Å². The molecule has 0 radical (unpaired) electrons. The van der Waals surface area contributed by atoms with Crippen molar-refractivity contribution in [2.45, 2.75) is 30.7 Å². The summed E-state index contributed by atoms with van der Waals surface area (Å²) in [5.41, 5.74) is 0.685. The number of hydrogen-bond acceptors (Lipinski definition) is 4. The van der Waals surface area contributed by atoms with Crippen LogP contribution in [0.1, 0.15) is 30.1 Å². The van der Waals surface area contributed by atoms with Gasteiger partial charge in [0.15, 0.2) is 0 Å². The second kappa shape index (κ2) is 7.14. The van der Waals surface area contributed by atoms with E-state index in [4.69, 9.17) is 4.74 Å². The van der Waals surface area contributed by atoms with E-state index in [2.05, 4.69) is 10.0 Å². The Morgan fingerprint density at radius 2 is 1.92 bits per heavy atom. The molecular weight excluding hydrogens is 340 g/mol. The van der Waals surface area contributed by atoms with Gasteiger partial charge in [-0.05, 0) is 50.1 Å². The number of anilines is 1. The van der Waals surface area contributed by atoms with E-state index in [1.54, 1.807) is 36.4 Å². The lowest BCUT2D eigenvalue weighted by Crippen LogP contribution is -2.25. The number of sulfonamides is 1. The molecule has 0 atom stereocenters. The summed E-state index contributed by atoms with van der Waals surface area (Å²) in [6, 6.07) is 13.0. The molecule has 1 aliphatic carbocycles. The van der Waals surface area contributed by atoms with Crippen molar-refractivity contribution in [3.63, 3.8) is 0 Å². The number of rotatable bonds is 7. The van der Waals surface area contributed by atoms with E-state index in [0.29, 0.717) is 23.6 Å². The van der Waals surface area contributed by atoms with Crippen LogP contribution in [0, 0.1) is 0 Å². The van der Waals surface area contributed by atoms with Crippen molar-refractivity contribution in [3.05, 3.63) is 54.1 Å². The third kappa shape index (κ3) is 4.30. The van der Waals surface area contributed by atoms with Gasteiger partial charge in [0.2, 0.25) is 0 Å². The van der Waals surface area contributed by atoms with Crippen LogP contribution in [0.25, 0.3) is 0 Å². The number of ether oxygens (including phenoxy) is 1. The van der Waals surface area contributed by atoms with Crippen LogP contribution in [0.5, 0.6) is 5.75 Å². The molecule has 0 aliphatic heterocycles. The zero-order valence-electron chi connectivity index (χ0n) is 13.9. The number of amides is 1. The van der Waals surface area contributed by atoms with Crippen LogP contribution in [0.2, 0.25) is 0 Å². The van der Waals surface area contributed by atoms with Crippen molar-refractivity contribution in [3.8, 4) is 5.75 Å². The van der Waals surface area contributed by atoms with E-state index in [1.807, 2.05) is 6.92 Å². The zero-order chi connectivity index (χ0) is 17.9. The highest BCUT2D eigenvalue weighted by Crippen LogP contribution is 2.27. The van der Waals surface area contributed by atoms with Gasteiger partial charge >= 0.3 is 0 Å². The maximum Gasteiger partial charge on any atom is 0.262 e. The zero-order valence-corrected chi connectivity index (χ0v) is 14.7. The van der Waals surface area contributed by atoms with Crippen molar-refractivity contribution in [2.24, 2.45) is 0 Å². The van der Waals surface area contributed by atoms with Gasteiger partial charge < -0.3 is 10.1 Å². The standard InChI is InChI=1S/C18H20N2O4S/c1-2-24-17-9-4-3-8-16(17)20-25(22,23)15-7-5-6-13(12-15)18(21)19-14-10-11-14/h3-9,12,14,20H,2,10-11H2,1H3,(H,19,21). The molecule has 2 aromatic carbocycles. The first-order valence-corrected chi connectivity index (χ1v) is 9.63. The molecule has 25 heavy (non-hydrogen) atoms. The summed E-state index contributed by atoms with van der Waals surface area (Å²) in [6.07, 6.45) is 1.94. The van der Waals surface area contributed by atoms with Gasteiger partial charge in [0.25, 0.3) is 15.9 Å². The molecule has 0 aromatic heterocycles. The second-order valence-corrected chi connectivity index (χ2v) is 7.49. The van der Waals surface area contributed by atoms with Gasteiger partial charge in [-0.1, -0.05) is 18.2 Å². The minimum atomic E-state index is -3.83. The molecule has 6 nitrogen and oxygen atoms in total. The molecular formula is C18H20N2O4S. The molecule has 2 aromatic rings. The first-order chi connectivity index (χ1) is 12.0. The minimum absolute atomic E-state index is 0.0299. The SMILES string of the molecule is CCOc1ccccc1NS(=O)(=O)c1cccc(C(=O)NC2CC2)c1. The van der Waals surface area contributed by atoms with Crippen LogP contribution in [0.3, 0.4) is 0 Å². The fraction of sp³-hybridized carbons (Fsp3) is 0.278. The second-order valence-electron chi connectivity index (χ2n) is 5.81. The minimum Gasteiger partial charge on any atom is -0.492 e. The van der Waals surface area contributed by atoms with Gasteiger partial charge in [0.1, 0.15) is 5.75 Å². The third-order valence-corrected chi connectivity index (χ3v) is 5.11. The summed E-state index contributed by atoms with van der Waals surface area (Å²) in [7, 11) is -3.83. The summed E-state index contributed by atoms with van der Waals surface area (Å²) in [4.78, 5) is 12.2. The molecule has 7 heteroatoms. The van der Waals surface area contributed by atoms with E-state index in [1.165, 1.54) is 12.1 Å². The molecule has 0 heterocycles. The monoisotopic (exact) mass is 360 g/mol. The Kier molecular flexibility index (Phi) is 4.94. The fourth-order valence-electron chi connectivity index (χ4n) is 2.34. The van der Waals surface area contributed by atoms with Crippen molar-refractivity contribution in [1.29, 1.82) is 0 Å². The summed E-state index contributed by atoms with van der Waals surface area (Å²) >= 11 is 0. The molecule has 3 rings (SSSR count). The topological polar surface area (TPSA) is 84.5 Å². The first-order valence-electron chi connectivity index (χ1n) is 8.15. The fourth-order valence-corrected chi connectivity index (χ4v) is 3.45. The highest BCUT2D eigenvalue weighted by atomic mass is 32.2. The van der Waals surface area contributed by atoms with Crippen molar-refractivity contribution < 1.29 is 17.9 Å². The van der Waals surface area contributed by atoms with Crippen LogP contribution < -0.4 is 14.8 Å². The normalized spacial score (nSPS) is 14.0. The summed E-state index contributed by atoms with van der Waals surface area (Å²) in [5.74, 6) is 0.200.